The largest absolute Gasteiger partial charge is 0.479 e. The summed E-state index contributed by atoms with van der Waals surface area (Å²) in [5.74, 6) is -0.871. The molecule has 0 aliphatic rings. The number of nitrogens with one attached hydrogen (secondary N) is 1. The molecule has 1 N–H and O–H groups in total. The highest BCUT2D eigenvalue weighted by Gasteiger charge is 2.17. The van der Waals surface area contributed by atoms with Crippen molar-refractivity contribution in [3.63, 3.8) is 0 Å². The molecule has 0 spiro atoms. The first kappa shape index (κ1) is 17.5. The molecule has 1 unspecified atom stereocenters. The van der Waals surface area contributed by atoms with Crippen LogP contribution in [0.5, 0.6) is 5.75 Å². The minimum atomic E-state index is -0.822. The van der Waals surface area contributed by atoms with Crippen molar-refractivity contribution < 1.29 is 23.5 Å². The second kappa shape index (κ2) is 8.67. The zero-order valence-electron chi connectivity index (χ0n) is 13.2. The molecular formula is C18H18FNO4. The predicted molar refractivity (Wildman–Crippen MR) is 85.7 cm³/mol. The van der Waals surface area contributed by atoms with Crippen LogP contribution < -0.4 is 10.1 Å². The van der Waals surface area contributed by atoms with Gasteiger partial charge in [0.05, 0.1) is 0 Å². The number of hydrogen-bond acceptors (Lipinski definition) is 4. The zero-order chi connectivity index (χ0) is 17.4. The molecule has 1 atom stereocenters. The Morgan fingerprint density at radius 3 is 2.42 bits per heavy atom. The highest BCUT2D eigenvalue weighted by Crippen LogP contribution is 2.11. The maximum absolute atomic E-state index is 12.8. The fraction of sp³-hybridized carbons (Fsp3) is 0.222. The maximum atomic E-state index is 12.8. The summed E-state index contributed by atoms with van der Waals surface area (Å²) in [4.78, 5) is 23.5. The minimum absolute atomic E-state index is 0.229. The van der Waals surface area contributed by atoms with E-state index in [4.69, 9.17) is 9.47 Å². The van der Waals surface area contributed by atoms with E-state index in [2.05, 4.69) is 5.32 Å². The van der Waals surface area contributed by atoms with Gasteiger partial charge in [0.15, 0.2) is 12.7 Å². The van der Waals surface area contributed by atoms with Gasteiger partial charge in [0.1, 0.15) is 11.6 Å². The van der Waals surface area contributed by atoms with Crippen molar-refractivity contribution in [2.24, 2.45) is 0 Å². The van der Waals surface area contributed by atoms with Crippen molar-refractivity contribution in [1.82, 2.24) is 5.32 Å². The highest BCUT2D eigenvalue weighted by atomic mass is 19.1. The van der Waals surface area contributed by atoms with E-state index in [1.807, 2.05) is 6.07 Å². The van der Waals surface area contributed by atoms with Gasteiger partial charge < -0.3 is 14.8 Å². The van der Waals surface area contributed by atoms with Gasteiger partial charge in [-0.3, -0.25) is 4.79 Å². The summed E-state index contributed by atoms with van der Waals surface area (Å²) >= 11 is 0. The maximum Gasteiger partial charge on any atom is 0.347 e. The summed E-state index contributed by atoms with van der Waals surface area (Å²) in [6.45, 7) is 1.38. The quantitative estimate of drug-likeness (QED) is 0.792. The Morgan fingerprint density at radius 1 is 1.08 bits per heavy atom. The number of hydrogen-bond donors (Lipinski definition) is 1. The van der Waals surface area contributed by atoms with Crippen LogP contribution in [0.1, 0.15) is 12.5 Å². The Bertz CT molecular complexity index is 673. The summed E-state index contributed by atoms with van der Waals surface area (Å²) < 4.78 is 23.1. The standard InChI is InChI=1S/C18H18FNO4/c1-13(24-16-5-3-2-4-6-16)18(22)23-12-17(21)20-11-14-7-9-15(19)10-8-14/h2-10,13H,11-12H2,1H3,(H,20,21). The summed E-state index contributed by atoms with van der Waals surface area (Å²) in [5, 5.41) is 2.58. The van der Waals surface area contributed by atoms with Gasteiger partial charge in [-0.2, -0.15) is 0 Å². The fourth-order valence-electron chi connectivity index (χ4n) is 1.86. The molecule has 2 aromatic carbocycles. The third kappa shape index (κ3) is 5.72. The van der Waals surface area contributed by atoms with E-state index in [9.17, 15) is 14.0 Å². The summed E-state index contributed by atoms with van der Waals surface area (Å²) in [7, 11) is 0. The van der Waals surface area contributed by atoms with Crippen LogP contribution in [-0.2, 0) is 20.9 Å². The van der Waals surface area contributed by atoms with Crippen LogP contribution in [0.25, 0.3) is 0 Å². The van der Waals surface area contributed by atoms with E-state index in [1.165, 1.54) is 12.1 Å². The SMILES string of the molecule is CC(Oc1ccccc1)C(=O)OCC(=O)NCc1ccc(F)cc1. The molecule has 0 aromatic heterocycles. The van der Waals surface area contributed by atoms with Crippen LogP contribution in [0.4, 0.5) is 4.39 Å². The van der Waals surface area contributed by atoms with Crippen LogP contribution in [0.15, 0.2) is 54.6 Å². The number of para-hydroxylation sites is 1. The summed E-state index contributed by atoms with van der Waals surface area (Å²) in [5.41, 5.74) is 0.747. The molecular weight excluding hydrogens is 313 g/mol. The van der Waals surface area contributed by atoms with Gasteiger partial charge in [-0.15, -0.1) is 0 Å². The van der Waals surface area contributed by atoms with Crippen LogP contribution in [0.2, 0.25) is 0 Å². The smallest absolute Gasteiger partial charge is 0.347 e. The van der Waals surface area contributed by atoms with Crippen LogP contribution in [0, 0.1) is 5.82 Å². The van der Waals surface area contributed by atoms with Crippen molar-refractivity contribution in [3.05, 3.63) is 66.0 Å². The Hall–Kier alpha value is -2.89. The predicted octanol–water partition coefficient (Wildman–Crippen LogP) is 2.45. The molecule has 5 nitrogen and oxygen atoms in total. The average molecular weight is 331 g/mol. The third-order valence-electron chi connectivity index (χ3n) is 3.14. The Labute approximate surface area is 139 Å². The lowest BCUT2D eigenvalue weighted by Gasteiger charge is -2.13. The molecule has 0 saturated carbocycles. The van der Waals surface area contributed by atoms with Crippen molar-refractivity contribution >= 4 is 11.9 Å². The van der Waals surface area contributed by atoms with Gasteiger partial charge in [0, 0.05) is 6.54 Å². The Kier molecular flexibility index (Phi) is 6.31. The lowest BCUT2D eigenvalue weighted by molar-refractivity contribution is -0.154. The molecule has 1 amide bonds. The van der Waals surface area contributed by atoms with Crippen LogP contribution in [-0.4, -0.2) is 24.6 Å². The van der Waals surface area contributed by atoms with E-state index < -0.39 is 24.6 Å². The molecule has 0 aliphatic carbocycles. The zero-order valence-corrected chi connectivity index (χ0v) is 13.2. The first-order valence-electron chi connectivity index (χ1n) is 7.44. The lowest BCUT2D eigenvalue weighted by atomic mass is 10.2. The molecule has 126 valence electrons. The minimum Gasteiger partial charge on any atom is -0.479 e. The van der Waals surface area contributed by atoms with Crippen LogP contribution >= 0.6 is 0 Å². The number of amides is 1. The second-order valence-electron chi connectivity index (χ2n) is 5.08. The molecule has 0 bridgehead atoms. The van der Waals surface area contributed by atoms with Crippen LogP contribution in [0.3, 0.4) is 0 Å². The number of benzene rings is 2. The molecule has 0 radical (unpaired) electrons. The third-order valence-corrected chi connectivity index (χ3v) is 3.14. The number of esters is 1. The van der Waals surface area contributed by atoms with E-state index in [0.717, 1.165) is 5.56 Å². The first-order valence-corrected chi connectivity index (χ1v) is 7.44. The van der Waals surface area contributed by atoms with Crippen molar-refractivity contribution in [1.29, 1.82) is 0 Å². The average Bonchev–Trinajstić information content (AvgIpc) is 2.60. The van der Waals surface area contributed by atoms with Crippen molar-refractivity contribution in [3.8, 4) is 5.75 Å². The Balaban J connectivity index is 1.70. The van der Waals surface area contributed by atoms with Crippen molar-refractivity contribution in [2.45, 2.75) is 19.6 Å². The number of rotatable bonds is 7. The van der Waals surface area contributed by atoms with Gasteiger partial charge in [0.25, 0.3) is 5.91 Å². The topological polar surface area (TPSA) is 64.6 Å². The molecule has 24 heavy (non-hydrogen) atoms. The fourth-order valence-corrected chi connectivity index (χ4v) is 1.86. The van der Waals surface area contributed by atoms with Gasteiger partial charge in [0.2, 0.25) is 0 Å². The van der Waals surface area contributed by atoms with Gasteiger partial charge in [-0.05, 0) is 36.8 Å². The molecule has 0 saturated heterocycles. The molecule has 0 fully saturated rings. The molecule has 2 rings (SSSR count). The number of carbonyl (C=O) groups is 2. The lowest BCUT2D eigenvalue weighted by Crippen LogP contribution is -2.32. The molecule has 0 heterocycles. The van der Waals surface area contributed by atoms with E-state index in [-0.39, 0.29) is 12.4 Å². The van der Waals surface area contributed by atoms with Crippen molar-refractivity contribution in [2.75, 3.05) is 6.61 Å². The number of halogens is 1. The Morgan fingerprint density at radius 2 is 1.75 bits per heavy atom. The first-order chi connectivity index (χ1) is 11.5. The highest BCUT2D eigenvalue weighted by molar-refractivity contribution is 5.81. The van der Waals surface area contributed by atoms with E-state index in [1.54, 1.807) is 43.3 Å². The van der Waals surface area contributed by atoms with E-state index in [0.29, 0.717) is 5.75 Å². The number of ether oxygens (including phenoxy) is 2. The molecule has 0 aliphatic heterocycles. The number of carbonyl (C=O) groups excluding carboxylic acids is 2. The molecule has 2 aromatic rings. The van der Waals surface area contributed by atoms with Gasteiger partial charge in [-0.1, -0.05) is 30.3 Å². The normalized spacial score (nSPS) is 11.4. The monoisotopic (exact) mass is 331 g/mol. The molecule has 6 heteroatoms. The van der Waals surface area contributed by atoms with Gasteiger partial charge in [-0.25, -0.2) is 9.18 Å². The second-order valence-corrected chi connectivity index (χ2v) is 5.08. The van der Waals surface area contributed by atoms with E-state index >= 15 is 0 Å². The summed E-state index contributed by atoms with van der Waals surface area (Å²) in [6.07, 6.45) is -0.822. The van der Waals surface area contributed by atoms with Gasteiger partial charge >= 0.3 is 5.97 Å². The summed E-state index contributed by atoms with van der Waals surface area (Å²) in [6, 6.07) is 14.6.